The van der Waals surface area contributed by atoms with Gasteiger partial charge < -0.3 is 15.4 Å². The maximum absolute atomic E-state index is 11.7. The minimum absolute atomic E-state index is 0.0119. The third-order valence-corrected chi connectivity index (χ3v) is 2.96. The average molecular weight is 284 g/mol. The molecule has 0 radical (unpaired) electrons. The largest absolute Gasteiger partial charge is 0.457 e. The first-order valence-corrected chi connectivity index (χ1v) is 7.06. The zero-order valence-corrected chi connectivity index (χ0v) is 12.3. The Morgan fingerprint density at radius 1 is 1.05 bits per heavy atom. The number of nitrogens with one attached hydrogen (secondary N) is 2. The van der Waals surface area contributed by atoms with Gasteiger partial charge in [0.05, 0.1) is 0 Å². The molecule has 4 nitrogen and oxygen atoms in total. The number of hydrogen-bond donors (Lipinski definition) is 2. The maximum atomic E-state index is 11.7. The molecular weight excluding hydrogens is 264 g/mol. The fourth-order valence-electron chi connectivity index (χ4n) is 1.89. The Balaban J connectivity index is 1.94. The lowest BCUT2D eigenvalue weighted by Crippen LogP contribution is -2.37. The summed E-state index contributed by atoms with van der Waals surface area (Å²) in [5.74, 6) is 1.55. The van der Waals surface area contributed by atoms with Crippen LogP contribution >= 0.6 is 0 Å². The topological polar surface area (TPSA) is 50.4 Å². The van der Waals surface area contributed by atoms with Gasteiger partial charge in [0.1, 0.15) is 17.5 Å². The average Bonchev–Trinajstić information content (AvgIpc) is 2.50. The highest BCUT2D eigenvalue weighted by atomic mass is 16.5. The van der Waals surface area contributed by atoms with Gasteiger partial charge in [-0.2, -0.15) is 0 Å². The van der Waals surface area contributed by atoms with Crippen molar-refractivity contribution >= 4 is 11.6 Å². The van der Waals surface area contributed by atoms with E-state index in [1.54, 1.807) is 0 Å². The second-order valence-corrected chi connectivity index (χ2v) is 4.70. The highest BCUT2D eigenvalue weighted by Gasteiger charge is 2.10. The van der Waals surface area contributed by atoms with Crippen molar-refractivity contribution in [1.82, 2.24) is 5.32 Å². The Kier molecular flexibility index (Phi) is 5.21. The standard InChI is InChI=1S/C17H20N2O2/c1-3-18-17(20)13(2)19-14-9-11-16(12-10-14)21-15-7-5-4-6-8-15/h4-13,19H,3H2,1-2H3,(H,18,20). The van der Waals surface area contributed by atoms with E-state index in [4.69, 9.17) is 4.74 Å². The Morgan fingerprint density at radius 3 is 2.29 bits per heavy atom. The van der Waals surface area contributed by atoms with E-state index in [-0.39, 0.29) is 11.9 Å². The van der Waals surface area contributed by atoms with Crippen LogP contribution in [0.4, 0.5) is 5.69 Å². The van der Waals surface area contributed by atoms with Crippen molar-refractivity contribution in [2.24, 2.45) is 0 Å². The lowest BCUT2D eigenvalue weighted by atomic mass is 10.2. The molecule has 2 rings (SSSR count). The summed E-state index contributed by atoms with van der Waals surface area (Å²) in [6.07, 6.45) is 0. The molecule has 0 heterocycles. The van der Waals surface area contributed by atoms with Crippen LogP contribution < -0.4 is 15.4 Å². The Bertz CT molecular complexity index is 567. The molecule has 21 heavy (non-hydrogen) atoms. The highest BCUT2D eigenvalue weighted by Crippen LogP contribution is 2.22. The molecule has 0 aliphatic heterocycles. The Morgan fingerprint density at radius 2 is 1.67 bits per heavy atom. The van der Waals surface area contributed by atoms with Gasteiger partial charge >= 0.3 is 0 Å². The van der Waals surface area contributed by atoms with E-state index >= 15 is 0 Å². The molecular formula is C17H20N2O2. The second kappa shape index (κ2) is 7.33. The van der Waals surface area contributed by atoms with Gasteiger partial charge in [-0.25, -0.2) is 0 Å². The molecule has 0 spiro atoms. The van der Waals surface area contributed by atoms with Crippen molar-refractivity contribution in [2.45, 2.75) is 19.9 Å². The predicted molar refractivity (Wildman–Crippen MR) is 84.7 cm³/mol. The van der Waals surface area contributed by atoms with Crippen LogP contribution in [-0.2, 0) is 4.79 Å². The van der Waals surface area contributed by atoms with Crippen molar-refractivity contribution in [2.75, 3.05) is 11.9 Å². The van der Waals surface area contributed by atoms with Crippen LogP contribution in [0.2, 0.25) is 0 Å². The third kappa shape index (κ3) is 4.53. The Hall–Kier alpha value is -2.49. The second-order valence-electron chi connectivity index (χ2n) is 4.70. The lowest BCUT2D eigenvalue weighted by Gasteiger charge is -2.15. The summed E-state index contributed by atoms with van der Waals surface area (Å²) in [6.45, 7) is 4.37. The highest BCUT2D eigenvalue weighted by molar-refractivity contribution is 5.84. The predicted octanol–water partition coefficient (Wildman–Crippen LogP) is 3.42. The lowest BCUT2D eigenvalue weighted by molar-refractivity contribution is -0.121. The number of likely N-dealkylation sites (N-methyl/N-ethyl adjacent to an activating group) is 1. The molecule has 2 aromatic rings. The van der Waals surface area contributed by atoms with Gasteiger partial charge in [-0.1, -0.05) is 18.2 Å². The van der Waals surface area contributed by atoms with Gasteiger partial charge in [0.2, 0.25) is 5.91 Å². The van der Waals surface area contributed by atoms with Gasteiger partial charge in [-0.15, -0.1) is 0 Å². The number of hydrogen-bond acceptors (Lipinski definition) is 3. The quantitative estimate of drug-likeness (QED) is 0.854. The van der Waals surface area contributed by atoms with Crippen LogP contribution in [0.5, 0.6) is 11.5 Å². The first kappa shape index (κ1) is 14.9. The van der Waals surface area contributed by atoms with Crippen molar-refractivity contribution < 1.29 is 9.53 Å². The van der Waals surface area contributed by atoms with E-state index in [0.717, 1.165) is 17.2 Å². The normalized spacial score (nSPS) is 11.5. The molecule has 4 heteroatoms. The number of ether oxygens (including phenoxy) is 1. The van der Waals surface area contributed by atoms with Crippen LogP contribution in [0.3, 0.4) is 0 Å². The minimum atomic E-state index is -0.272. The van der Waals surface area contributed by atoms with Gasteiger partial charge in [-0.05, 0) is 50.2 Å². The summed E-state index contributed by atoms with van der Waals surface area (Å²) < 4.78 is 5.72. The van der Waals surface area contributed by atoms with Crippen LogP contribution in [-0.4, -0.2) is 18.5 Å². The van der Waals surface area contributed by atoms with Gasteiger partial charge in [0.15, 0.2) is 0 Å². The number of para-hydroxylation sites is 1. The van der Waals surface area contributed by atoms with Gasteiger partial charge in [-0.3, -0.25) is 4.79 Å². The number of benzene rings is 2. The summed E-state index contributed by atoms with van der Waals surface area (Å²) in [5.41, 5.74) is 0.883. The summed E-state index contributed by atoms with van der Waals surface area (Å²) in [6, 6.07) is 16.9. The summed E-state index contributed by atoms with van der Waals surface area (Å²) >= 11 is 0. The third-order valence-electron chi connectivity index (χ3n) is 2.96. The number of carbonyl (C=O) groups excluding carboxylic acids is 1. The van der Waals surface area contributed by atoms with Crippen molar-refractivity contribution in [3.05, 3.63) is 54.6 Å². The number of amides is 1. The zero-order chi connectivity index (χ0) is 15.1. The molecule has 0 aromatic heterocycles. The zero-order valence-electron chi connectivity index (χ0n) is 12.3. The molecule has 0 bridgehead atoms. The Labute approximate surface area is 125 Å². The summed E-state index contributed by atoms with van der Waals surface area (Å²) in [5, 5.41) is 5.93. The molecule has 110 valence electrons. The first-order chi connectivity index (χ1) is 10.2. The molecule has 0 aliphatic carbocycles. The van der Waals surface area contributed by atoms with Crippen LogP contribution in [0.1, 0.15) is 13.8 Å². The number of rotatable bonds is 6. The number of anilines is 1. The van der Waals surface area contributed by atoms with Crippen molar-refractivity contribution in [3.63, 3.8) is 0 Å². The van der Waals surface area contributed by atoms with Crippen LogP contribution in [0.25, 0.3) is 0 Å². The van der Waals surface area contributed by atoms with Crippen LogP contribution in [0, 0.1) is 0 Å². The molecule has 1 amide bonds. The molecule has 1 unspecified atom stereocenters. The molecule has 0 fully saturated rings. The fourth-order valence-corrected chi connectivity index (χ4v) is 1.89. The molecule has 0 saturated heterocycles. The molecule has 2 N–H and O–H groups in total. The number of carbonyl (C=O) groups is 1. The van der Waals surface area contributed by atoms with Crippen molar-refractivity contribution in [1.29, 1.82) is 0 Å². The van der Waals surface area contributed by atoms with Gasteiger partial charge in [0.25, 0.3) is 0 Å². The van der Waals surface area contributed by atoms with E-state index in [1.807, 2.05) is 68.4 Å². The monoisotopic (exact) mass is 284 g/mol. The molecule has 2 aromatic carbocycles. The van der Waals surface area contributed by atoms with E-state index < -0.39 is 0 Å². The molecule has 0 aliphatic rings. The molecule has 1 atom stereocenters. The van der Waals surface area contributed by atoms with E-state index in [0.29, 0.717) is 6.54 Å². The first-order valence-electron chi connectivity index (χ1n) is 7.06. The fraction of sp³-hybridized carbons (Fsp3) is 0.235. The minimum Gasteiger partial charge on any atom is -0.457 e. The van der Waals surface area contributed by atoms with E-state index in [2.05, 4.69) is 10.6 Å². The van der Waals surface area contributed by atoms with Gasteiger partial charge in [0, 0.05) is 12.2 Å². The van der Waals surface area contributed by atoms with Crippen LogP contribution in [0.15, 0.2) is 54.6 Å². The molecule has 0 saturated carbocycles. The SMILES string of the molecule is CCNC(=O)C(C)Nc1ccc(Oc2ccccc2)cc1. The maximum Gasteiger partial charge on any atom is 0.242 e. The van der Waals surface area contributed by atoms with E-state index in [9.17, 15) is 4.79 Å². The van der Waals surface area contributed by atoms with Crippen molar-refractivity contribution in [3.8, 4) is 11.5 Å². The smallest absolute Gasteiger partial charge is 0.242 e. The summed E-state index contributed by atoms with van der Waals surface area (Å²) in [7, 11) is 0. The van der Waals surface area contributed by atoms with E-state index in [1.165, 1.54) is 0 Å². The summed E-state index contributed by atoms with van der Waals surface area (Å²) in [4.78, 5) is 11.7.